The number of aromatic nitrogens is 1. The van der Waals surface area contributed by atoms with Gasteiger partial charge in [0.05, 0.1) is 0 Å². The van der Waals surface area contributed by atoms with E-state index in [4.69, 9.17) is 0 Å². The molecule has 1 aromatic rings. The van der Waals surface area contributed by atoms with Crippen molar-refractivity contribution in [3.05, 3.63) is 29.6 Å². The highest BCUT2D eigenvalue weighted by molar-refractivity contribution is 5.69. The van der Waals surface area contributed by atoms with Crippen LogP contribution < -0.4 is 5.32 Å². The lowest BCUT2D eigenvalue weighted by Gasteiger charge is -2.30. The SMILES string of the molecule is Cc1cncc(C2C=NN(C3CCNCC3)C2)c1. The van der Waals surface area contributed by atoms with Crippen LogP contribution >= 0.6 is 0 Å². The second-order valence-electron chi connectivity index (χ2n) is 5.27. The Morgan fingerprint density at radius 2 is 2.11 bits per heavy atom. The molecule has 2 aliphatic heterocycles. The summed E-state index contributed by atoms with van der Waals surface area (Å²) in [7, 11) is 0. The summed E-state index contributed by atoms with van der Waals surface area (Å²) in [5.74, 6) is 0.410. The molecular formula is C14H20N4. The zero-order valence-corrected chi connectivity index (χ0v) is 10.8. The summed E-state index contributed by atoms with van der Waals surface area (Å²) in [6, 6.07) is 2.83. The average molecular weight is 244 g/mol. The molecule has 1 fully saturated rings. The normalized spacial score (nSPS) is 24.7. The van der Waals surface area contributed by atoms with Gasteiger partial charge in [0, 0.05) is 37.1 Å². The summed E-state index contributed by atoms with van der Waals surface area (Å²) in [4.78, 5) is 4.28. The minimum Gasteiger partial charge on any atom is -0.317 e. The first kappa shape index (κ1) is 11.7. The third kappa shape index (κ3) is 2.38. The van der Waals surface area contributed by atoms with Crippen molar-refractivity contribution in [1.82, 2.24) is 15.3 Å². The van der Waals surface area contributed by atoms with Crippen LogP contribution in [0.3, 0.4) is 0 Å². The number of pyridine rings is 1. The van der Waals surface area contributed by atoms with E-state index in [1.165, 1.54) is 24.0 Å². The van der Waals surface area contributed by atoms with Gasteiger partial charge in [-0.05, 0) is 44.0 Å². The van der Waals surface area contributed by atoms with Gasteiger partial charge in [0.15, 0.2) is 0 Å². The van der Waals surface area contributed by atoms with E-state index < -0.39 is 0 Å². The molecule has 0 aliphatic carbocycles. The lowest BCUT2D eigenvalue weighted by molar-refractivity contribution is 0.181. The highest BCUT2D eigenvalue weighted by Gasteiger charge is 2.26. The molecule has 1 saturated heterocycles. The largest absolute Gasteiger partial charge is 0.317 e. The van der Waals surface area contributed by atoms with Crippen LogP contribution in [0.5, 0.6) is 0 Å². The summed E-state index contributed by atoms with van der Waals surface area (Å²) in [6.07, 6.45) is 8.36. The summed E-state index contributed by atoms with van der Waals surface area (Å²) in [5, 5.41) is 10.3. The predicted octanol–water partition coefficient (Wildman–Crippen LogP) is 1.53. The van der Waals surface area contributed by atoms with Gasteiger partial charge in [-0.25, -0.2) is 0 Å². The number of hydrogen-bond acceptors (Lipinski definition) is 4. The number of nitrogens with zero attached hydrogens (tertiary/aromatic N) is 3. The van der Waals surface area contributed by atoms with Gasteiger partial charge in [0.1, 0.15) is 0 Å². The Balaban J connectivity index is 1.66. The highest BCUT2D eigenvalue weighted by atomic mass is 15.5. The molecule has 1 N–H and O–H groups in total. The number of hydrazone groups is 1. The van der Waals surface area contributed by atoms with Crippen LogP contribution in [0.4, 0.5) is 0 Å². The lowest BCUT2D eigenvalue weighted by atomic mass is 10.0. The molecule has 0 amide bonds. The summed E-state index contributed by atoms with van der Waals surface area (Å²) < 4.78 is 0. The molecule has 1 unspecified atom stereocenters. The van der Waals surface area contributed by atoms with Gasteiger partial charge in [-0.1, -0.05) is 6.07 Å². The first-order chi connectivity index (χ1) is 8.83. The number of aryl methyl sites for hydroxylation is 1. The summed E-state index contributed by atoms with van der Waals surface area (Å²) in [5.41, 5.74) is 2.51. The lowest BCUT2D eigenvalue weighted by Crippen LogP contribution is -2.40. The van der Waals surface area contributed by atoms with E-state index in [0.717, 1.165) is 19.6 Å². The van der Waals surface area contributed by atoms with E-state index in [1.807, 2.05) is 12.4 Å². The molecular weight excluding hydrogens is 224 g/mol. The molecule has 0 aromatic carbocycles. The molecule has 1 atom stereocenters. The molecule has 18 heavy (non-hydrogen) atoms. The summed E-state index contributed by atoms with van der Waals surface area (Å²) >= 11 is 0. The Bertz CT molecular complexity index is 437. The third-order valence-electron chi connectivity index (χ3n) is 3.83. The molecule has 0 bridgehead atoms. The molecule has 2 aliphatic rings. The van der Waals surface area contributed by atoms with Gasteiger partial charge in [-0.3, -0.25) is 9.99 Å². The standard InChI is InChI=1S/C14H20N4/c1-11-6-12(8-16-7-11)13-9-17-18(10-13)14-2-4-15-5-3-14/h6-9,13-15H,2-5,10H2,1H3. The topological polar surface area (TPSA) is 40.5 Å². The quantitative estimate of drug-likeness (QED) is 0.857. The zero-order chi connectivity index (χ0) is 12.4. The zero-order valence-electron chi connectivity index (χ0n) is 10.8. The number of hydrogen-bond donors (Lipinski definition) is 1. The second-order valence-corrected chi connectivity index (χ2v) is 5.27. The molecule has 0 spiro atoms. The van der Waals surface area contributed by atoms with Gasteiger partial charge in [-0.2, -0.15) is 5.10 Å². The minimum absolute atomic E-state index is 0.410. The van der Waals surface area contributed by atoms with Gasteiger partial charge in [0.25, 0.3) is 0 Å². The van der Waals surface area contributed by atoms with Crippen LogP contribution in [-0.4, -0.2) is 41.9 Å². The van der Waals surface area contributed by atoms with Crippen molar-refractivity contribution in [2.75, 3.05) is 19.6 Å². The third-order valence-corrected chi connectivity index (χ3v) is 3.83. The molecule has 4 nitrogen and oxygen atoms in total. The number of rotatable bonds is 2. The van der Waals surface area contributed by atoms with Crippen molar-refractivity contribution in [1.29, 1.82) is 0 Å². The fourth-order valence-corrected chi connectivity index (χ4v) is 2.78. The van der Waals surface area contributed by atoms with Crippen LogP contribution in [0.15, 0.2) is 23.6 Å². The van der Waals surface area contributed by atoms with Crippen molar-refractivity contribution in [3.8, 4) is 0 Å². The fraction of sp³-hybridized carbons (Fsp3) is 0.571. The molecule has 1 aromatic heterocycles. The van der Waals surface area contributed by atoms with Crippen LogP contribution in [0, 0.1) is 6.92 Å². The highest BCUT2D eigenvalue weighted by Crippen LogP contribution is 2.24. The molecule has 0 saturated carbocycles. The Labute approximate surface area is 108 Å². The van der Waals surface area contributed by atoms with E-state index in [2.05, 4.69) is 39.6 Å². The van der Waals surface area contributed by atoms with E-state index in [9.17, 15) is 0 Å². The van der Waals surface area contributed by atoms with Gasteiger partial charge in [-0.15, -0.1) is 0 Å². The van der Waals surface area contributed by atoms with Crippen molar-refractivity contribution in [2.24, 2.45) is 5.10 Å². The van der Waals surface area contributed by atoms with E-state index in [0.29, 0.717) is 12.0 Å². The van der Waals surface area contributed by atoms with Crippen molar-refractivity contribution in [3.63, 3.8) is 0 Å². The van der Waals surface area contributed by atoms with Crippen molar-refractivity contribution in [2.45, 2.75) is 31.7 Å². The van der Waals surface area contributed by atoms with Crippen LogP contribution in [0.1, 0.15) is 29.9 Å². The van der Waals surface area contributed by atoms with Crippen LogP contribution in [0.25, 0.3) is 0 Å². The van der Waals surface area contributed by atoms with E-state index in [1.54, 1.807) is 0 Å². The van der Waals surface area contributed by atoms with Crippen molar-refractivity contribution < 1.29 is 0 Å². The molecule has 4 heteroatoms. The number of nitrogens with one attached hydrogen (secondary N) is 1. The smallest absolute Gasteiger partial charge is 0.0495 e. The second kappa shape index (κ2) is 5.06. The minimum atomic E-state index is 0.410. The van der Waals surface area contributed by atoms with Gasteiger partial charge >= 0.3 is 0 Å². The van der Waals surface area contributed by atoms with Crippen molar-refractivity contribution >= 4 is 6.21 Å². The van der Waals surface area contributed by atoms with E-state index >= 15 is 0 Å². The molecule has 3 rings (SSSR count). The molecule has 96 valence electrons. The first-order valence-corrected chi connectivity index (χ1v) is 6.76. The maximum atomic E-state index is 4.60. The Morgan fingerprint density at radius 1 is 1.28 bits per heavy atom. The molecule has 3 heterocycles. The summed E-state index contributed by atoms with van der Waals surface area (Å²) in [6.45, 7) is 5.34. The first-order valence-electron chi connectivity index (χ1n) is 6.76. The predicted molar refractivity (Wildman–Crippen MR) is 72.8 cm³/mol. The maximum absolute atomic E-state index is 4.60. The Morgan fingerprint density at radius 3 is 2.89 bits per heavy atom. The van der Waals surface area contributed by atoms with Gasteiger partial charge in [0.2, 0.25) is 0 Å². The number of piperidine rings is 1. The van der Waals surface area contributed by atoms with E-state index in [-0.39, 0.29) is 0 Å². The fourth-order valence-electron chi connectivity index (χ4n) is 2.78. The van der Waals surface area contributed by atoms with Crippen LogP contribution in [0.2, 0.25) is 0 Å². The monoisotopic (exact) mass is 244 g/mol. The van der Waals surface area contributed by atoms with Gasteiger partial charge < -0.3 is 5.32 Å². The Hall–Kier alpha value is -1.42. The van der Waals surface area contributed by atoms with Crippen LogP contribution in [-0.2, 0) is 0 Å². The Kier molecular flexibility index (Phi) is 3.28. The molecule has 0 radical (unpaired) electrons. The maximum Gasteiger partial charge on any atom is 0.0495 e. The average Bonchev–Trinajstić information content (AvgIpc) is 2.89.